The third kappa shape index (κ3) is 5.39. The lowest BCUT2D eigenvalue weighted by molar-refractivity contribution is -0.138. The standard InChI is InChI=1S/C16H21NO4/c1-4-5-9-21-12(3)15(18)17-14-8-6-7-13(10-14)11(2)16(19)20/h4,6-8,10-12H,1,5,9H2,2-3H3,(H,17,18)(H,19,20). The molecule has 114 valence electrons. The Balaban J connectivity index is 2.66. The molecule has 0 aromatic heterocycles. The summed E-state index contributed by atoms with van der Waals surface area (Å²) >= 11 is 0. The Morgan fingerprint density at radius 1 is 1.43 bits per heavy atom. The van der Waals surface area contributed by atoms with Gasteiger partial charge in [0.25, 0.3) is 5.91 Å². The summed E-state index contributed by atoms with van der Waals surface area (Å²) in [6.07, 6.45) is 1.83. The minimum Gasteiger partial charge on any atom is -0.481 e. The molecule has 0 saturated carbocycles. The Morgan fingerprint density at radius 3 is 2.76 bits per heavy atom. The first-order valence-corrected chi connectivity index (χ1v) is 6.81. The van der Waals surface area contributed by atoms with E-state index in [9.17, 15) is 9.59 Å². The van der Waals surface area contributed by atoms with Crippen LogP contribution in [0.3, 0.4) is 0 Å². The molecule has 0 bridgehead atoms. The summed E-state index contributed by atoms with van der Waals surface area (Å²) < 4.78 is 5.35. The molecule has 0 aliphatic carbocycles. The van der Waals surface area contributed by atoms with E-state index in [4.69, 9.17) is 9.84 Å². The number of carbonyl (C=O) groups excluding carboxylic acids is 1. The molecule has 0 heterocycles. The third-order valence-corrected chi connectivity index (χ3v) is 3.08. The molecule has 1 rings (SSSR count). The van der Waals surface area contributed by atoms with Crippen molar-refractivity contribution in [3.8, 4) is 0 Å². The SMILES string of the molecule is C=CCCOC(C)C(=O)Nc1cccc(C(C)C(=O)O)c1. The zero-order valence-electron chi connectivity index (χ0n) is 12.3. The van der Waals surface area contributed by atoms with Crippen molar-refractivity contribution in [3.05, 3.63) is 42.5 Å². The van der Waals surface area contributed by atoms with Crippen molar-refractivity contribution in [2.75, 3.05) is 11.9 Å². The number of anilines is 1. The summed E-state index contributed by atoms with van der Waals surface area (Å²) in [5.74, 6) is -1.79. The lowest BCUT2D eigenvalue weighted by Gasteiger charge is -2.14. The van der Waals surface area contributed by atoms with Crippen LogP contribution in [0.4, 0.5) is 5.69 Å². The van der Waals surface area contributed by atoms with Crippen LogP contribution >= 0.6 is 0 Å². The highest BCUT2D eigenvalue weighted by Gasteiger charge is 2.16. The summed E-state index contributed by atoms with van der Waals surface area (Å²) in [7, 11) is 0. The Hall–Kier alpha value is -2.14. The van der Waals surface area contributed by atoms with E-state index in [1.165, 1.54) is 0 Å². The van der Waals surface area contributed by atoms with E-state index in [1.807, 2.05) is 0 Å². The molecule has 0 aliphatic rings. The number of ether oxygens (including phenoxy) is 1. The molecule has 1 aromatic rings. The number of hydrogen-bond donors (Lipinski definition) is 2. The van der Waals surface area contributed by atoms with Crippen molar-refractivity contribution in [1.29, 1.82) is 0 Å². The van der Waals surface area contributed by atoms with E-state index in [0.717, 1.165) is 0 Å². The van der Waals surface area contributed by atoms with Crippen LogP contribution in [0.1, 0.15) is 31.7 Å². The second kappa shape index (κ2) is 8.21. The maximum Gasteiger partial charge on any atom is 0.310 e. The van der Waals surface area contributed by atoms with Crippen LogP contribution in [0, 0.1) is 0 Å². The molecular weight excluding hydrogens is 270 g/mol. The molecule has 2 unspecified atom stereocenters. The first-order valence-electron chi connectivity index (χ1n) is 6.81. The number of rotatable bonds is 8. The molecule has 0 fully saturated rings. The number of benzene rings is 1. The normalized spacial score (nSPS) is 13.2. The van der Waals surface area contributed by atoms with Gasteiger partial charge in [-0.25, -0.2) is 0 Å². The van der Waals surface area contributed by atoms with Gasteiger partial charge in [0.2, 0.25) is 0 Å². The van der Waals surface area contributed by atoms with E-state index in [1.54, 1.807) is 44.2 Å². The third-order valence-electron chi connectivity index (χ3n) is 3.08. The monoisotopic (exact) mass is 291 g/mol. The number of carbonyl (C=O) groups is 2. The van der Waals surface area contributed by atoms with Gasteiger partial charge in [0.1, 0.15) is 6.10 Å². The first kappa shape index (κ1) is 16.9. The van der Waals surface area contributed by atoms with Crippen LogP contribution in [-0.2, 0) is 14.3 Å². The number of carboxylic acid groups (broad SMARTS) is 1. The molecule has 2 N–H and O–H groups in total. The van der Waals surface area contributed by atoms with Crippen LogP contribution in [0.2, 0.25) is 0 Å². The first-order chi connectivity index (χ1) is 9.95. The van der Waals surface area contributed by atoms with Crippen molar-refractivity contribution in [3.63, 3.8) is 0 Å². The predicted octanol–water partition coefficient (Wildman–Crippen LogP) is 2.79. The number of nitrogens with one attached hydrogen (secondary N) is 1. The summed E-state index contributed by atoms with van der Waals surface area (Å²) in [5, 5.41) is 11.7. The van der Waals surface area contributed by atoms with Crippen molar-refractivity contribution in [2.45, 2.75) is 32.3 Å². The van der Waals surface area contributed by atoms with Crippen molar-refractivity contribution in [2.24, 2.45) is 0 Å². The fraction of sp³-hybridized carbons (Fsp3) is 0.375. The second-order valence-corrected chi connectivity index (χ2v) is 4.77. The van der Waals surface area contributed by atoms with Gasteiger partial charge in [0.15, 0.2) is 0 Å². The van der Waals surface area contributed by atoms with Gasteiger partial charge >= 0.3 is 5.97 Å². The summed E-state index contributed by atoms with van der Waals surface area (Å²) in [5.41, 5.74) is 1.20. The van der Waals surface area contributed by atoms with E-state index in [0.29, 0.717) is 24.3 Å². The molecule has 1 amide bonds. The van der Waals surface area contributed by atoms with Gasteiger partial charge in [0, 0.05) is 5.69 Å². The van der Waals surface area contributed by atoms with E-state index >= 15 is 0 Å². The van der Waals surface area contributed by atoms with Crippen LogP contribution in [0.25, 0.3) is 0 Å². The average molecular weight is 291 g/mol. The molecule has 2 atom stereocenters. The molecule has 1 aromatic carbocycles. The van der Waals surface area contributed by atoms with Crippen molar-refractivity contribution in [1.82, 2.24) is 0 Å². The Bertz CT molecular complexity index is 513. The lowest BCUT2D eigenvalue weighted by atomic mass is 10.0. The summed E-state index contributed by atoms with van der Waals surface area (Å²) in [6.45, 7) is 7.29. The zero-order valence-corrected chi connectivity index (χ0v) is 12.3. The largest absolute Gasteiger partial charge is 0.481 e. The Labute approximate surface area is 124 Å². The maximum atomic E-state index is 11.9. The average Bonchev–Trinajstić information content (AvgIpc) is 2.46. The van der Waals surface area contributed by atoms with Gasteiger partial charge in [-0.05, 0) is 38.0 Å². The molecule has 5 heteroatoms. The lowest BCUT2D eigenvalue weighted by Crippen LogP contribution is -2.28. The number of carboxylic acids is 1. The zero-order chi connectivity index (χ0) is 15.8. The molecule has 21 heavy (non-hydrogen) atoms. The van der Waals surface area contributed by atoms with Crippen molar-refractivity contribution < 1.29 is 19.4 Å². The van der Waals surface area contributed by atoms with Crippen LogP contribution in [0.15, 0.2) is 36.9 Å². The molecular formula is C16H21NO4. The fourth-order valence-electron chi connectivity index (χ4n) is 1.68. The number of aliphatic carboxylic acids is 1. The van der Waals surface area contributed by atoms with Crippen LogP contribution in [0.5, 0.6) is 0 Å². The Morgan fingerprint density at radius 2 is 2.14 bits per heavy atom. The molecule has 0 aliphatic heterocycles. The highest BCUT2D eigenvalue weighted by atomic mass is 16.5. The van der Waals surface area contributed by atoms with Crippen LogP contribution < -0.4 is 5.32 Å². The van der Waals surface area contributed by atoms with Gasteiger partial charge in [-0.1, -0.05) is 18.2 Å². The number of amides is 1. The predicted molar refractivity (Wildman–Crippen MR) is 81.4 cm³/mol. The van der Waals surface area contributed by atoms with Crippen LogP contribution in [-0.4, -0.2) is 29.7 Å². The van der Waals surface area contributed by atoms with Gasteiger partial charge in [0.05, 0.1) is 12.5 Å². The van der Waals surface area contributed by atoms with E-state index in [-0.39, 0.29) is 5.91 Å². The highest BCUT2D eigenvalue weighted by molar-refractivity contribution is 5.94. The quantitative estimate of drug-likeness (QED) is 0.570. The summed E-state index contributed by atoms with van der Waals surface area (Å²) in [4.78, 5) is 22.9. The summed E-state index contributed by atoms with van der Waals surface area (Å²) in [6, 6.07) is 6.81. The van der Waals surface area contributed by atoms with E-state index in [2.05, 4.69) is 11.9 Å². The highest BCUT2D eigenvalue weighted by Crippen LogP contribution is 2.19. The molecule has 0 saturated heterocycles. The van der Waals surface area contributed by atoms with Crippen molar-refractivity contribution >= 4 is 17.6 Å². The van der Waals surface area contributed by atoms with Gasteiger partial charge in [-0.3, -0.25) is 9.59 Å². The molecule has 0 spiro atoms. The molecule has 5 nitrogen and oxygen atoms in total. The van der Waals surface area contributed by atoms with Gasteiger partial charge in [-0.15, -0.1) is 6.58 Å². The Kier molecular flexibility index (Phi) is 6.62. The molecule has 0 radical (unpaired) electrons. The van der Waals surface area contributed by atoms with Gasteiger partial charge in [-0.2, -0.15) is 0 Å². The fourth-order valence-corrected chi connectivity index (χ4v) is 1.68. The van der Waals surface area contributed by atoms with Gasteiger partial charge < -0.3 is 15.2 Å². The minimum absolute atomic E-state index is 0.265. The number of hydrogen-bond acceptors (Lipinski definition) is 3. The van der Waals surface area contributed by atoms with E-state index < -0.39 is 18.0 Å². The maximum absolute atomic E-state index is 11.9. The topological polar surface area (TPSA) is 75.6 Å². The smallest absolute Gasteiger partial charge is 0.310 e. The second-order valence-electron chi connectivity index (χ2n) is 4.77. The minimum atomic E-state index is -0.903.